The van der Waals surface area contributed by atoms with Crippen molar-refractivity contribution < 1.29 is 4.79 Å². The first-order chi connectivity index (χ1) is 14.9. The van der Waals surface area contributed by atoms with E-state index in [9.17, 15) is 9.59 Å². The van der Waals surface area contributed by atoms with Gasteiger partial charge in [0.1, 0.15) is 10.7 Å². The molecular weight excluding hydrogens is 450 g/mol. The molecule has 1 amide bonds. The third kappa shape index (κ3) is 5.01. The Morgan fingerprint density at radius 3 is 2.68 bits per heavy atom. The normalized spacial score (nSPS) is 11.1. The number of aromatic nitrogens is 2. The maximum atomic E-state index is 12.7. The van der Waals surface area contributed by atoms with E-state index in [1.54, 1.807) is 12.1 Å². The molecule has 4 rings (SSSR count). The minimum absolute atomic E-state index is 0.0853. The van der Waals surface area contributed by atoms with E-state index in [4.69, 9.17) is 11.6 Å². The van der Waals surface area contributed by atoms with Crippen molar-refractivity contribution in [2.24, 2.45) is 0 Å². The third-order valence-corrected chi connectivity index (χ3v) is 6.98. The fourth-order valence-corrected chi connectivity index (χ4v) is 4.94. The number of amides is 1. The van der Waals surface area contributed by atoms with Crippen LogP contribution >= 0.6 is 34.7 Å². The number of hydrogen-bond donors (Lipinski definition) is 2. The molecule has 0 fully saturated rings. The van der Waals surface area contributed by atoms with E-state index in [1.165, 1.54) is 28.7 Å². The first-order valence-electron chi connectivity index (χ1n) is 9.62. The minimum atomic E-state index is -0.175. The Labute approximate surface area is 192 Å². The number of carbonyl (C=O) groups is 1. The van der Waals surface area contributed by atoms with Crippen LogP contribution in [0.4, 0.5) is 5.69 Å². The molecule has 0 radical (unpaired) electrons. The highest BCUT2D eigenvalue weighted by Gasteiger charge is 2.13. The quantitative estimate of drug-likeness (QED) is 0.374. The highest BCUT2D eigenvalue weighted by molar-refractivity contribution is 7.99. The molecule has 4 aromatic rings. The highest BCUT2D eigenvalue weighted by atomic mass is 35.5. The standard InChI is InChI=1S/C23H20ClN3O2S2/c1-13-3-8-17(9-14(13)2)25-20(28)12-30-11-19-26-22(29)21-18(10-31-23(21)27-19)15-4-6-16(24)7-5-15/h3-10H,11-12H2,1-2H3,(H,25,28)(H,26,27,29). The van der Waals surface area contributed by atoms with E-state index >= 15 is 0 Å². The summed E-state index contributed by atoms with van der Waals surface area (Å²) in [7, 11) is 0. The zero-order valence-corrected chi connectivity index (χ0v) is 19.4. The van der Waals surface area contributed by atoms with Gasteiger partial charge in [0.2, 0.25) is 5.91 Å². The van der Waals surface area contributed by atoms with Crippen LogP contribution in [-0.4, -0.2) is 21.6 Å². The van der Waals surface area contributed by atoms with Gasteiger partial charge in [-0.3, -0.25) is 9.59 Å². The summed E-state index contributed by atoms with van der Waals surface area (Å²) in [5.41, 5.74) is 4.70. The van der Waals surface area contributed by atoms with Crippen LogP contribution in [-0.2, 0) is 10.5 Å². The number of rotatable bonds is 6. The summed E-state index contributed by atoms with van der Waals surface area (Å²) < 4.78 is 0. The number of H-pyrrole nitrogens is 1. The molecule has 2 N–H and O–H groups in total. The van der Waals surface area contributed by atoms with Crippen LogP contribution in [0.25, 0.3) is 21.3 Å². The molecule has 0 aliphatic carbocycles. The zero-order chi connectivity index (χ0) is 22.0. The average molecular weight is 470 g/mol. The number of aromatic amines is 1. The monoisotopic (exact) mass is 469 g/mol. The van der Waals surface area contributed by atoms with Crippen LogP contribution < -0.4 is 10.9 Å². The van der Waals surface area contributed by atoms with Crippen molar-refractivity contribution in [1.29, 1.82) is 0 Å². The zero-order valence-electron chi connectivity index (χ0n) is 17.0. The van der Waals surface area contributed by atoms with Crippen LogP contribution in [0.3, 0.4) is 0 Å². The molecule has 0 saturated carbocycles. The molecule has 0 spiro atoms. The summed E-state index contributed by atoms with van der Waals surface area (Å²) in [5.74, 6) is 1.19. The molecule has 0 unspecified atom stereocenters. The number of nitrogens with one attached hydrogen (secondary N) is 2. The summed E-state index contributed by atoms with van der Waals surface area (Å²) in [6, 6.07) is 13.2. The Bertz CT molecular complexity index is 1310. The molecule has 0 bridgehead atoms. The number of nitrogens with zero attached hydrogens (tertiary/aromatic N) is 1. The average Bonchev–Trinajstić information content (AvgIpc) is 3.16. The van der Waals surface area contributed by atoms with E-state index in [1.807, 2.05) is 49.6 Å². The summed E-state index contributed by atoms with van der Waals surface area (Å²) in [6.45, 7) is 4.05. The number of carbonyl (C=O) groups excluding carboxylic acids is 1. The first kappa shape index (κ1) is 21.6. The molecule has 0 aliphatic heterocycles. The lowest BCUT2D eigenvalue weighted by atomic mass is 10.1. The molecule has 0 aliphatic rings. The lowest BCUT2D eigenvalue weighted by Gasteiger charge is -2.07. The van der Waals surface area contributed by atoms with E-state index in [0.717, 1.165) is 22.4 Å². The number of halogens is 1. The number of fused-ring (bicyclic) bond motifs is 1. The van der Waals surface area contributed by atoms with Gasteiger partial charge < -0.3 is 10.3 Å². The number of hydrogen-bond acceptors (Lipinski definition) is 5. The van der Waals surface area contributed by atoms with Crippen LogP contribution in [0, 0.1) is 13.8 Å². The maximum absolute atomic E-state index is 12.7. The van der Waals surface area contributed by atoms with E-state index < -0.39 is 0 Å². The highest BCUT2D eigenvalue weighted by Crippen LogP contribution is 2.31. The predicted molar refractivity (Wildman–Crippen MR) is 131 cm³/mol. The molecule has 0 saturated heterocycles. The van der Waals surface area contributed by atoms with Gasteiger partial charge in [0.15, 0.2) is 0 Å². The second-order valence-corrected chi connectivity index (χ2v) is 9.47. The van der Waals surface area contributed by atoms with Crippen molar-refractivity contribution >= 4 is 56.5 Å². The van der Waals surface area contributed by atoms with Gasteiger partial charge in [-0.05, 0) is 54.8 Å². The Hall–Kier alpha value is -2.61. The molecule has 5 nitrogen and oxygen atoms in total. The Morgan fingerprint density at radius 2 is 1.94 bits per heavy atom. The Kier molecular flexibility index (Phi) is 6.46. The van der Waals surface area contributed by atoms with Gasteiger partial charge in [-0.1, -0.05) is 29.8 Å². The number of anilines is 1. The molecule has 2 aromatic heterocycles. The van der Waals surface area contributed by atoms with Gasteiger partial charge in [-0.2, -0.15) is 0 Å². The number of benzene rings is 2. The SMILES string of the molecule is Cc1ccc(NC(=O)CSCc2nc3scc(-c4ccc(Cl)cc4)c3c(=O)[nH]2)cc1C. The number of thioether (sulfide) groups is 1. The molecular formula is C23H20ClN3O2S2. The van der Waals surface area contributed by atoms with Crippen LogP contribution in [0.2, 0.25) is 5.02 Å². The smallest absolute Gasteiger partial charge is 0.260 e. The number of thiophene rings is 1. The van der Waals surface area contributed by atoms with Crippen molar-refractivity contribution in [3.05, 3.63) is 80.2 Å². The number of aryl methyl sites for hydroxylation is 2. The minimum Gasteiger partial charge on any atom is -0.325 e. The van der Waals surface area contributed by atoms with Crippen LogP contribution in [0.5, 0.6) is 0 Å². The molecule has 158 valence electrons. The van der Waals surface area contributed by atoms with E-state index in [0.29, 0.717) is 26.8 Å². The van der Waals surface area contributed by atoms with Gasteiger partial charge in [-0.15, -0.1) is 23.1 Å². The predicted octanol–water partition coefficient (Wildman–Crippen LogP) is 5.79. The van der Waals surface area contributed by atoms with Crippen molar-refractivity contribution in [3.63, 3.8) is 0 Å². The van der Waals surface area contributed by atoms with Crippen molar-refractivity contribution in [1.82, 2.24) is 9.97 Å². The van der Waals surface area contributed by atoms with Gasteiger partial charge in [0.05, 0.1) is 16.9 Å². The second kappa shape index (κ2) is 9.26. The van der Waals surface area contributed by atoms with Crippen molar-refractivity contribution in [3.8, 4) is 11.1 Å². The van der Waals surface area contributed by atoms with Crippen LogP contribution in [0.1, 0.15) is 17.0 Å². The van der Waals surface area contributed by atoms with Crippen LogP contribution in [0.15, 0.2) is 52.6 Å². The Balaban J connectivity index is 1.42. The molecule has 31 heavy (non-hydrogen) atoms. The summed E-state index contributed by atoms with van der Waals surface area (Å²) >= 11 is 8.81. The summed E-state index contributed by atoms with van der Waals surface area (Å²) in [4.78, 5) is 33.1. The molecule has 2 heterocycles. The molecule has 2 aromatic carbocycles. The molecule has 0 atom stereocenters. The van der Waals surface area contributed by atoms with E-state index in [-0.39, 0.29) is 17.2 Å². The van der Waals surface area contributed by atoms with E-state index in [2.05, 4.69) is 15.3 Å². The largest absolute Gasteiger partial charge is 0.325 e. The lowest BCUT2D eigenvalue weighted by Crippen LogP contribution is -2.15. The second-order valence-electron chi connectivity index (χ2n) is 7.19. The fraction of sp³-hybridized carbons (Fsp3) is 0.174. The van der Waals surface area contributed by atoms with Gasteiger partial charge in [0, 0.05) is 21.7 Å². The maximum Gasteiger partial charge on any atom is 0.260 e. The van der Waals surface area contributed by atoms with Gasteiger partial charge in [0.25, 0.3) is 5.56 Å². The summed E-state index contributed by atoms with van der Waals surface area (Å²) in [5, 5.41) is 6.06. The van der Waals surface area contributed by atoms with Gasteiger partial charge >= 0.3 is 0 Å². The first-order valence-corrected chi connectivity index (χ1v) is 12.0. The molecule has 8 heteroatoms. The van der Waals surface area contributed by atoms with Crippen molar-refractivity contribution in [2.45, 2.75) is 19.6 Å². The summed E-state index contributed by atoms with van der Waals surface area (Å²) in [6.07, 6.45) is 0. The third-order valence-electron chi connectivity index (χ3n) is 4.91. The fourth-order valence-electron chi connectivity index (χ4n) is 3.16. The van der Waals surface area contributed by atoms with Crippen molar-refractivity contribution in [2.75, 3.05) is 11.1 Å². The topological polar surface area (TPSA) is 74.8 Å². The van der Waals surface area contributed by atoms with Gasteiger partial charge in [-0.25, -0.2) is 4.98 Å². The lowest BCUT2D eigenvalue weighted by molar-refractivity contribution is -0.113. The Morgan fingerprint density at radius 1 is 1.16 bits per heavy atom.